The fourth-order valence-corrected chi connectivity index (χ4v) is 6.10. The predicted octanol–water partition coefficient (Wildman–Crippen LogP) is 3.70. The Labute approximate surface area is 307 Å². The second kappa shape index (κ2) is 15.5. The first kappa shape index (κ1) is 39.9. The van der Waals surface area contributed by atoms with E-state index in [9.17, 15) is 19.2 Å². The molecule has 0 aliphatic heterocycles. The van der Waals surface area contributed by atoms with Crippen molar-refractivity contribution in [2.24, 2.45) is 22.7 Å². The summed E-state index contributed by atoms with van der Waals surface area (Å²) in [6.07, 6.45) is 8.06. The molecule has 0 saturated heterocycles. The lowest BCUT2D eigenvalue weighted by atomic mass is 10.1. The molecule has 0 atom stereocenters. The third kappa shape index (κ3) is 9.78. The monoisotopic (exact) mass is 740 g/mol. The van der Waals surface area contributed by atoms with Gasteiger partial charge in [0.25, 0.3) is 0 Å². The number of hydrazine groups is 4. The van der Waals surface area contributed by atoms with E-state index < -0.39 is 0 Å². The van der Waals surface area contributed by atoms with Gasteiger partial charge >= 0.3 is 0 Å². The molecule has 0 N–H and O–H groups in total. The molecule has 0 heterocycles. The van der Waals surface area contributed by atoms with Gasteiger partial charge in [-0.05, 0) is 51.4 Å². The predicted molar refractivity (Wildman–Crippen MR) is 202 cm³/mol. The molecular weight excluding hydrogens is 689 g/mol. The Bertz CT molecular complexity index is 1250. The second-order valence-electron chi connectivity index (χ2n) is 14.1. The molecule has 12 nitrogen and oxygen atoms in total. The number of carbonyl (C=O) groups is 4. The zero-order valence-corrected chi connectivity index (χ0v) is 33.3. The topological polar surface area (TPSA) is 94.2 Å². The Kier molecular flexibility index (Phi) is 12.9. The van der Waals surface area contributed by atoms with Crippen molar-refractivity contribution in [1.82, 2.24) is 40.1 Å². The summed E-state index contributed by atoms with van der Waals surface area (Å²) >= 11 is 21.6. The molecule has 4 rings (SSSR count). The molecule has 268 valence electrons. The van der Waals surface area contributed by atoms with Gasteiger partial charge in [0.2, 0.25) is 23.6 Å². The molecule has 0 aromatic heterocycles. The maximum Gasteiger partial charge on any atom is 0.250 e. The molecule has 0 radical (unpaired) electrons. The molecule has 16 heteroatoms. The van der Waals surface area contributed by atoms with E-state index in [0.717, 1.165) is 71.3 Å². The van der Waals surface area contributed by atoms with Gasteiger partial charge in [-0.2, -0.15) is 0 Å². The molecule has 0 aromatic carbocycles. The molecule has 0 aromatic rings. The Balaban J connectivity index is 0.000000261. The van der Waals surface area contributed by atoms with Gasteiger partial charge in [-0.1, -0.05) is 62.7 Å². The third-order valence-electron chi connectivity index (χ3n) is 9.96. The van der Waals surface area contributed by atoms with E-state index in [1.807, 2.05) is 0 Å². The number of hydrogen-bond acceptors (Lipinski definition) is 8. The highest BCUT2D eigenvalue weighted by Crippen LogP contribution is 2.48. The zero-order chi connectivity index (χ0) is 36.5. The molecule has 4 aliphatic carbocycles. The lowest BCUT2D eigenvalue weighted by Gasteiger charge is -2.35. The highest BCUT2D eigenvalue weighted by Gasteiger charge is 2.45. The first-order chi connectivity index (χ1) is 22.2. The van der Waals surface area contributed by atoms with Gasteiger partial charge in [-0.3, -0.25) is 59.2 Å². The van der Waals surface area contributed by atoms with Gasteiger partial charge < -0.3 is 0 Å². The van der Waals surface area contributed by atoms with E-state index in [-0.39, 0.29) is 47.3 Å². The Morgan fingerprint density at radius 2 is 0.688 bits per heavy atom. The number of rotatable bonds is 8. The lowest BCUT2D eigenvalue weighted by molar-refractivity contribution is -0.150. The zero-order valence-electron chi connectivity index (χ0n) is 30.1. The van der Waals surface area contributed by atoms with Crippen LogP contribution in [0.2, 0.25) is 0 Å². The smallest absolute Gasteiger partial charge is 0.250 e. The Morgan fingerprint density at radius 3 is 0.896 bits per heavy atom. The number of thiocarbonyl (C=S) groups is 4. The van der Waals surface area contributed by atoms with Crippen molar-refractivity contribution in [3.8, 4) is 0 Å². The fourth-order valence-electron chi connectivity index (χ4n) is 4.73. The van der Waals surface area contributed by atoms with E-state index >= 15 is 0 Å². The summed E-state index contributed by atoms with van der Waals surface area (Å²) in [7, 11) is 13.6. The molecule has 0 unspecified atom stereocenters. The minimum absolute atomic E-state index is 0.00549. The molecule has 4 aliphatic rings. The summed E-state index contributed by atoms with van der Waals surface area (Å²) in [4.78, 5) is 52.6. The highest BCUT2D eigenvalue weighted by atomic mass is 32.1. The van der Waals surface area contributed by atoms with Gasteiger partial charge in [0.05, 0.1) is 0 Å². The van der Waals surface area contributed by atoms with Gasteiger partial charge in [-0.25, -0.2) is 0 Å². The molecule has 0 spiro atoms. The number of hydrogen-bond donors (Lipinski definition) is 0. The summed E-state index contributed by atoms with van der Waals surface area (Å²) in [6.45, 7) is 4.19. The SMILES string of the molecule is CN(C(=O)CC(=O)N(C)N(C)C(=S)C1(C)CC1)N(C)C(=S)C1(C)CC1.CN(C(=O)CC(=O)N(C)N(C)C(=S)C1CC1)N(C)C(=S)C1CC1. The number of nitrogens with zero attached hydrogens (tertiary/aromatic N) is 8. The van der Waals surface area contributed by atoms with Crippen LogP contribution in [0.1, 0.15) is 78.1 Å². The van der Waals surface area contributed by atoms with Crippen molar-refractivity contribution < 1.29 is 19.2 Å². The third-order valence-corrected chi connectivity index (χ3v) is 12.7. The van der Waals surface area contributed by atoms with E-state index in [4.69, 9.17) is 48.9 Å². The minimum Gasteiger partial charge on any atom is -0.279 e. The quantitative estimate of drug-likeness (QED) is 0.207. The van der Waals surface area contributed by atoms with E-state index in [1.54, 1.807) is 76.4 Å². The van der Waals surface area contributed by atoms with E-state index in [2.05, 4.69) is 13.8 Å². The maximum absolute atomic E-state index is 12.5. The summed E-state index contributed by atoms with van der Waals surface area (Å²) in [6, 6.07) is 0. The summed E-state index contributed by atoms with van der Waals surface area (Å²) < 4.78 is 0. The standard InChI is InChI=1S/C17H28N4O2S2.C15H24N4O2S2/c1-16(7-8-16)14(24)20(5)18(3)12(22)11-13(23)19(4)21(6)15(25)17(2)9-10-17;1-16(18(3)14(22)10-5-6-10)12(20)9-13(21)17(2)19(4)15(23)11-7-8-11/h7-11H2,1-6H3;10-11H,5-9H2,1-4H3. The molecule has 4 fully saturated rings. The fraction of sp³-hybridized carbons (Fsp3) is 0.750. The highest BCUT2D eigenvalue weighted by molar-refractivity contribution is 7.81. The second-order valence-corrected chi connectivity index (χ2v) is 15.7. The normalized spacial score (nSPS) is 17.7. The average Bonchev–Trinajstić information content (AvgIpc) is 3.87. The summed E-state index contributed by atoms with van der Waals surface area (Å²) in [5.41, 5.74) is 0.0110. The van der Waals surface area contributed by atoms with E-state index in [1.165, 1.54) is 20.0 Å². The minimum atomic E-state index is -0.289. The van der Waals surface area contributed by atoms with Gasteiger partial charge in [0.1, 0.15) is 32.8 Å². The van der Waals surface area contributed by atoms with Gasteiger partial charge in [0.15, 0.2) is 0 Å². The van der Waals surface area contributed by atoms with Crippen molar-refractivity contribution in [3.05, 3.63) is 0 Å². The average molecular weight is 741 g/mol. The number of carbonyl (C=O) groups excluding carboxylic acids is 4. The molecule has 48 heavy (non-hydrogen) atoms. The lowest BCUT2D eigenvalue weighted by Crippen LogP contribution is -2.50. The van der Waals surface area contributed by atoms with Gasteiger partial charge in [0, 0.05) is 79.0 Å². The van der Waals surface area contributed by atoms with Gasteiger partial charge in [-0.15, -0.1) is 0 Å². The Morgan fingerprint density at radius 1 is 0.458 bits per heavy atom. The Hall–Kier alpha value is -2.56. The van der Waals surface area contributed by atoms with Crippen LogP contribution >= 0.6 is 48.9 Å². The largest absolute Gasteiger partial charge is 0.279 e. The van der Waals surface area contributed by atoms with Crippen molar-refractivity contribution in [1.29, 1.82) is 0 Å². The summed E-state index contributed by atoms with van der Waals surface area (Å²) in [5, 5.41) is 12.4. The van der Waals surface area contributed by atoms with Crippen LogP contribution in [0.5, 0.6) is 0 Å². The van der Waals surface area contributed by atoms with E-state index in [0.29, 0.717) is 11.8 Å². The first-order valence-electron chi connectivity index (χ1n) is 16.3. The van der Waals surface area contributed by atoms with Crippen LogP contribution in [0, 0.1) is 22.7 Å². The van der Waals surface area contributed by atoms with Crippen molar-refractivity contribution in [2.45, 2.75) is 78.1 Å². The maximum atomic E-state index is 12.5. The van der Waals surface area contributed by atoms with Crippen molar-refractivity contribution in [2.75, 3.05) is 56.4 Å². The first-order valence-corrected chi connectivity index (χ1v) is 18.0. The van der Waals surface area contributed by atoms with Crippen LogP contribution in [-0.4, -0.2) is 140 Å². The molecule has 0 bridgehead atoms. The van der Waals surface area contributed by atoms with Crippen molar-refractivity contribution >= 4 is 92.5 Å². The van der Waals surface area contributed by atoms with Crippen LogP contribution in [0.3, 0.4) is 0 Å². The van der Waals surface area contributed by atoms with Crippen LogP contribution in [0.25, 0.3) is 0 Å². The molecule has 4 amide bonds. The van der Waals surface area contributed by atoms with Crippen LogP contribution in [0.15, 0.2) is 0 Å². The van der Waals surface area contributed by atoms with Crippen LogP contribution in [-0.2, 0) is 19.2 Å². The van der Waals surface area contributed by atoms with Crippen LogP contribution in [0.4, 0.5) is 0 Å². The molecular formula is C32H52N8O4S4. The summed E-state index contributed by atoms with van der Waals surface area (Å²) in [5.74, 6) is -0.349. The number of amides is 4. The molecule has 4 saturated carbocycles. The van der Waals surface area contributed by atoms with Crippen molar-refractivity contribution in [3.63, 3.8) is 0 Å². The van der Waals surface area contributed by atoms with Crippen LogP contribution < -0.4 is 0 Å².